The van der Waals surface area contributed by atoms with E-state index in [9.17, 15) is 4.79 Å². The second-order valence-corrected chi connectivity index (χ2v) is 8.00. The molecule has 0 atom stereocenters. The molecule has 0 unspecified atom stereocenters. The van der Waals surface area contributed by atoms with Gasteiger partial charge in [0.15, 0.2) is 0 Å². The van der Waals surface area contributed by atoms with Crippen LogP contribution in [0.5, 0.6) is 0 Å². The van der Waals surface area contributed by atoms with Crippen molar-refractivity contribution in [3.8, 4) is 0 Å². The van der Waals surface area contributed by atoms with Crippen LogP contribution in [0.15, 0.2) is 23.4 Å². The van der Waals surface area contributed by atoms with E-state index in [4.69, 9.17) is 0 Å². The minimum absolute atomic E-state index is 0.104. The summed E-state index contributed by atoms with van der Waals surface area (Å²) in [6.07, 6.45) is 7.52. The monoisotopic (exact) mass is 388 g/mol. The molecule has 7 nitrogen and oxygen atoms in total. The Kier molecular flexibility index (Phi) is 5.45. The van der Waals surface area contributed by atoms with Crippen molar-refractivity contribution in [2.75, 3.05) is 11.1 Å². The predicted molar refractivity (Wildman–Crippen MR) is 103 cm³/mol. The Morgan fingerprint density at radius 3 is 3.08 bits per heavy atom. The van der Waals surface area contributed by atoms with E-state index in [2.05, 4.69) is 29.2 Å². The molecule has 1 aliphatic carbocycles. The summed E-state index contributed by atoms with van der Waals surface area (Å²) in [7, 11) is 0. The van der Waals surface area contributed by atoms with Crippen LogP contribution in [0.4, 0.5) is 5.69 Å². The van der Waals surface area contributed by atoms with E-state index in [-0.39, 0.29) is 11.7 Å². The van der Waals surface area contributed by atoms with Crippen LogP contribution in [0.1, 0.15) is 37.9 Å². The first-order valence-electron chi connectivity index (χ1n) is 8.83. The average molecular weight is 389 g/mol. The van der Waals surface area contributed by atoms with Crippen LogP contribution >= 0.6 is 23.5 Å². The fourth-order valence-electron chi connectivity index (χ4n) is 3.32. The molecular formula is C17H20N6OS2. The summed E-state index contributed by atoms with van der Waals surface area (Å²) in [6, 6.07) is 5.57. The van der Waals surface area contributed by atoms with Crippen LogP contribution in [-0.4, -0.2) is 35.6 Å². The molecule has 3 aromatic rings. The van der Waals surface area contributed by atoms with Gasteiger partial charge >= 0.3 is 0 Å². The number of carbonyl (C=O) groups excluding carboxylic acids is 1. The molecular weight excluding hydrogens is 368 g/mol. The molecule has 1 amide bonds. The molecule has 0 spiro atoms. The molecule has 26 heavy (non-hydrogen) atoms. The van der Waals surface area contributed by atoms with Gasteiger partial charge in [0.05, 0.1) is 23.2 Å². The van der Waals surface area contributed by atoms with Crippen LogP contribution in [0, 0.1) is 5.92 Å². The Morgan fingerprint density at radius 2 is 2.19 bits per heavy atom. The number of fused-ring (bicyclic) bond motifs is 1. The number of thioether (sulfide) groups is 1. The molecule has 2 N–H and O–H groups in total. The lowest BCUT2D eigenvalue weighted by atomic mass is 10.0. The minimum atomic E-state index is -0.104. The Labute approximate surface area is 159 Å². The van der Waals surface area contributed by atoms with Crippen LogP contribution in [0.2, 0.25) is 0 Å². The van der Waals surface area contributed by atoms with E-state index in [1.54, 1.807) is 0 Å². The first-order chi connectivity index (χ1) is 12.8. The van der Waals surface area contributed by atoms with Gasteiger partial charge in [-0.1, -0.05) is 43.5 Å². The summed E-state index contributed by atoms with van der Waals surface area (Å²) in [4.78, 5) is 16.7. The first kappa shape index (κ1) is 17.4. The Bertz CT molecular complexity index is 886. The van der Waals surface area contributed by atoms with E-state index in [0.29, 0.717) is 10.8 Å². The van der Waals surface area contributed by atoms with E-state index < -0.39 is 0 Å². The standard InChI is InChI=1S/C17H20N6OS2/c24-15(18-12-6-3-7-13-16(12)23-26-22-13)10-25-17-19-14(20-21-17)9-8-11-4-1-2-5-11/h3,6-7,11H,1-2,4-5,8-10H2,(H,18,24)(H,19,20,21). The lowest BCUT2D eigenvalue weighted by Gasteiger charge is -2.05. The van der Waals surface area contributed by atoms with E-state index in [1.165, 1.54) is 43.9 Å². The highest BCUT2D eigenvalue weighted by Crippen LogP contribution is 2.28. The van der Waals surface area contributed by atoms with Crippen molar-refractivity contribution in [2.45, 2.75) is 43.7 Å². The number of hydrogen-bond acceptors (Lipinski definition) is 7. The fourth-order valence-corrected chi connectivity index (χ4v) is 4.48. The number of rotatable bonds is 7. The summed E-state index contributed by atoms with van der Waals surface area (Å²) in [6.45, 7) is 0. The van der Waals surface area contributed by atoms with Crippen LogP contribution in [0.25, 0.3) is 11.0 Å². The van der Waals surface area contributed by atoms with Gasteiger partial charge in [-0.2, -0.15) is 8.75 Å². The molecule has 1 aliphatic rings. The first-order valence-corrected chi connectivity index (χ1v) is 10.5. The molecule has 1 aromatic carbocycles. The van der Waals surface area contributed by atoms with Gasteiger partial charge in [-0.3, -0.25) is 9.89 Å². The number of nitrogens with one attached hydrogen (secondary N) is 2. The van der Waals surface area contributed by atoms with Crippen molar-refractivity contribution in [1.82, 2.24) is 23.9 Å². The highest BCUT2D eigenvalue weighted by Gasteiger charge is 2.16. The molecule has 0 aliphatic heterocycles. The molecule has 1 saturated carbocycles. The van der Waals surface area contributed by atoms with Crippen LogP contribution < -0.4 is 5.32 Å². The number of H-pyrrole nitrogens is 1. The summed E-state index contributed by atoms with van der Waals surface area (Å²) in [5, 5.41) is 10.7. The van der Waals surface area contributed by atoms with Gasteiger partial charge in [0.1, 0.15) is 16.9 Å². The SMILES string of the molecule is O=C(CSc1n[nH]c(CCC2CCCC2)n1)Nc1cccc2nsnc12. The Morgan fingerprint density at radius 1 is 1.31 bits per heavy atom. The number of carbonyl (C=O) groups is 1. The van der Waals surface area contributed by atoms with Crippen molar-refractivity contribution < 1.29 is 4.79 Å². The maximum atomic E-state index is 12.2. The zero-order valence-electron chi connectivity index (χ0n) is 14.3. The molecule has 0 radical (unpaired) electrons. The molecule has 0 bridgehead atoms. The largest absolute Gasteiger partial charge is 0.323 e. The summed E-state index contributed by atoms with van der Waals surface area (Å²) < 4.78 is 8.40. The normalized spacial score (nSPS) is 14.9. The van der Waals surface area contributed by atoms with Gasteiger partial charge in [0, 0.05) is 6.42 Å². The van der Waals surface area contributed by atoms with Gasteiger partial charge in [-0.05, 0) is 24.5 Å². The van der Waals surface area contributed by atoms with Crippen molar-refractivity contribution in [2.24, 2.45) is 5.92 Å². The molecule has 0 saturated heterocycles. The lowest BCUT2D eigenvalue weighted by molar-refractivity contribution is -0.113. The third kappa shape index (κ3) is 4.21. The van der Waals surface area contributed by atoms with Crippen molar-refractivity contribution in [1.29, 1.82) is 0 Å². The molecule has 1 fully saturated rings. The van der Waals surface area contributed by atoms with Crippen molar-refractivity contribution >= 4 is 46.1 Å². The van der Waals surface area contributed by atoms with Gasteiger partial charge < -0.3 is 5.32 Å². The zero-order valence-corrected chi connectivity index (χ0v) is 15.9. The number of aromatic nitrogens is 5. The molecule has 2 heterocycles. The highest BCUT2D eigenvalue weighted by molar-refractivity contribution is 7.99. The smallest absolute Gasteiger partial charge is 0.234 e. The van der Waals surface area contributed by atoms with E-state index in [1.807, 2.05) is 18.2 Å². The van der Waals surface area contributed by atoms with Gasteiger partial charge in [-0.15, -0.1) is 5.10 Å². The summed E-state index contributed by atoms with van der Waals surface area (Å²) in [5.41, 5.74) is 2.21. The minimum Gasteiger partial charge on any atom is -0.323 e. The number of anilines is 1. The lowest BCUT2D eigenvalue weighted by Crippen LogP contribution is -2.14. The quantitative estimate of drug-likeness (QED) is 0.600. The number of nitrogens with zero attached hydrogens (tertiary/aromatic N) is 4. The molecule has 9 heteroatoms. The second kappa shape index (κ2) is 8.13. The third-order valence-corrected chi connectivity index (χ3v) is 6.06. The number of aryl methyl sites for hydroxylation is 1. The zero-order chi connectivity index (χ0) is 17.8. The topological polar surface area (TPSA) is 96.5 Å². The van der Waals surface area contributed by atoms with Gasteiger partial charge in [0.25, 0.3) is 0 Å². The Balaban J connectivity index is 1.27. The number of amides is 1. The molecule has 136 valence electrons. The van der Waals surface area contributed by atoms with Gasteiger partial charge in [-0.25, -0.2) is 4.98 Å². The number of benzene rings is 1. The maximum absolute atomic E-state index is 12.2. The average Bonchev–Trinajstić information content (AvgIpc) is 3.39. The predicted octanol–water partition coefficient (Wildman–Crippen LogP) is 3.66. The number of aromatic amines is 1. The van der Waals surface area contributed by atoms with Crippen molar-refractivity contribution in [3.63, 3.8) is 0 Å². The highest BCUT2D eigenvalue weighted by atomic mass is 32.2. The van der Waals surface area contributed by atoms with Crippen molar-refractivity contribution in [3.05, 3.63) is 24.0 Å². The second-order valence-electron chi connectivity index (χ2n) is 6.53. The summed E-state index contributed by atoms with van der Waals surface area (Å²) in [5.74, 6) is 1.91. The maximum Gasteiger partial charge on any atom is 0.234 e. The Hall–Kier alpha value is -2.00. The van der Waals surface area contributed by atoms with E-state index in [0.717, 1.165) is 40.9 Å². The number of hydrogen-bond donors (Lipinski definition) is 2. The fraction of sp³-hybridized carbons (Fsp3) is 0.471. The summed E-state index contributed by atoms with van der Waals surface area (Å²) >= 11 is 2.48. The van der Waals surface area contributed by atoms with Crippen LogP contribution in [0.3, 0.4) is 0 Å². The third-order valence-electron chi connectivity index (χ3n) is 4.67. The molecule has 2 aromatic heterocycles. The molecule has 4 rings (SSSR count). The van der Waals surface area contributed by atoms with Crippen LogP contribution in [-0.2, 0) is 11.2 Å². The van der Waals surface area contributed by atoms with E-state index >= 15 is 0 Å². The van der Waals surface area contributed by atoms with Gasteiger partial charge in [0.2, 0.25) is 11.1 Å².